The topological polar surface area (TPSA) is 78.9 Å². The van der Waals surface area contributed by atoms with E-state index in [1.165, 1.54) is 96.3 Å². The summed E-state index contributed by atoms with van der Waals surface area (Å²) in [4.78, 5) is 38.4. The number of rotatable bonds is 59. The van der Waals surface area contributed by atoms with Gasteiger partial charge in [0.2, 0.25) is 0 Å². The molecule has 0 aliphatic heterocycles. The molecule has 0 aromatic heterocycles. The monoisotopic (exact) mass is 1140 g/mol. The summed E-state index contributed by atoms with van der Waals surface area (Å²) >= 11 is 0. The van der Waals surface area contributed by atoms with Crippen molar-refractivity contribution in [3.63, 3.8) is 0 Å². The van der Waals surface area contributed by atoms with Crippen LogP contribution in [0.25, 0.3) is 0 Å². The maximum atomic E-state index is 12.9. The van der Waals surface area contributed by atoms with Gasteiger partial charge >= 0.3 is 17.9 Å². The number of unbranched alkanes of at least 4 members (excludes halogenated alkanes) is 20. The average molecular weight is 1140 g/mol. The summed E-state index contributed by atoms with van der Waals surface area (Å²) in [7, 11) is 0. The molecule has 0 spiro atoms. The predicted octanol–water partition coefficient (Wildman–Crippen LogP) is 23.4. The zero-order chi connectivity index (χ0) is 59.9. The van der Waals surface area contributed by atoms with Crippen molar-refractivity contribution in [1.82, 2.24) is 0 Å². The minimum Gasteiger partial charge on any atom is -0.462 e. The van der Waals surface area contributed by atoms with E-state index in [0.29, 0.717) is 19.3 Å². The highest BCUT2D eigenvalue weighted by molar-refractivity contribution is 5.71. The number of esters is 3. The second kappa shape index (κ2) is 69.3. The lowest BCUT2D eigenvalue weighted by molar-refractivity contribution is -0.167. The van der Waals surface area contributed by atoms with Gasteiger partial charge < -0.3 is 14.2 Å². The van der Waals surface area contributed by atoms with Gasteiger partial charge in [0, 0.05) is 19.3 Å². The van der Waals surface area contributed by atoms with Gasteiger partial charge in [-0.2, -0.15) is 0 Å². The Morgan fingerprint density at radius 3 is 0.783 bits per heavy atom. The predicted molar refractivity (Wildman–Crippen MR) is 361 cm³/mol. The lowest BCUT2D eigenvalue weighted by Gasteiger charge is -2.18. The maximum absolute atomic E-state index is 12.9. The Labute approximate surface area is 511 Å². The van der Waals surface area contributed by atoms with Crippen molar-refractivity contribution < 1.29 is 28.6 Å². The molecule has 0 rings (SSSR count). The second-order valence-electron chi connectivity index (χ2n) is 21.6. The first-order valence-corrected chi connectivity index (χ1v) is 33.6. The summed E-state index contributed by atoms with van der Waals surface area (Å²) in [5, 5.41) is 0. The van der Waals surface area contributed by atoms with E-state index in [2.05, 4.69) is 191 Å². The van der Waals surface area contributed by atoms with Crippen LogP contribution in [-0.4, -0.2) is 37.2 Å². The number of carbonyl (C=O) groups is 3. The van der Waals surface area contributed by atoms with Crippen LogP contribution in [0.3, 0.4) is 0 Å². The molecule has 0 aliphatic carbocycles. The third-order valence-electron chi connectivity index (χ3n) is 13.7. The first-order chi connectivity index (χ1) is 41.0. The Bertz CT molecular complexity index is 1890. The lowest BCUT2D eigenvalue weighted by Crippen LogP contribution is -2.30. The molecular formula is C77H122O6. The van der Waals surface area contributed by atoms with Crippen LogP contribution in [0.15, 0.2) is 170 Å². The molecule has 466 valence electrons. The van der Waals surface area contributed by atoms with E-state index in [0.717, 1.165) is 135 Å². The van der Waals surface area contributed by atoms with Gasteiger partial charge in [-0.1, -0.05) is 281 Å². The molecule has 0 heterocycles. The molecule has 0 bridgehead atoms. The molecule has 0 fully saturated rings. The van der Waals surface area contributed by atoms with Crippen LogP contribution >= 0.6 is 0 Å². The quantitative estimate of drug-likeness (QED) is 0.0261. The molecule has 0 aromatic rings. The lowest BCUT2D eigenvalue weighted by atomic mass is 10.1. The summed E-state index contributed by atoms with van der Waals surface area (Å²) in [5.74, 6) is -0.987. The second-order valence-corrected chi connectivity index (χ2v) is 21.6. The van der Waals surface area contributed by atoms with E-state index in [1.807, 2.05) is 0 Å². The van der Waals surface area contributed by atoms with Gasteiger partial charge in [-0.15, -0.1) is 0 Å². The zero-order valence-corrected chi connectivity index (χ0v) is 53.4. The van der Waals surface area contributed by atoms with Crippen LogP contribution in [0.4, 0.5) is 0 Å². The first-order valence-electron chi connectivity index (χ1n) is 33.6. The van der Waals surface area contributed by atoms with Gasteiger partial charge in [0.25, 0.3) is 0 Å². The number of allylic oxidation sites excluding steroid dienone is 28. The van der Waals surface area contributed by atoms with Crippen LogP contribution in [0.2, 0.25) is 0 Å². The molecule has 0 aliphatic rings. The van der Waals surface area contributed by atoms with Crippen molar-refractivity contribution in [3.05, 3.63) is 170 Å². The van der Waals surface area contributed by atoms with E-state index >= 15 is 0 Å². The van der Waals surface area contributed by atoms with Gasteiger partial charge in [0.05, 0.1) is 0 Å². The molecule has 6 heteroatoms. The normalized spacial score (nSPS) is 13.2. The summed E-state index contributed by atoms with van der Waals surface area (Å²) in [5.41, 5.74) is 0. The third-order valence-corrected chi connectivity index (χ3v) is 13.7. The van der Waals surface area contributed by atoms with Crippen LogP contribution < -0.4 is 0 Å². The highest BCUT2D eigenvalue weighted by Crippen LogP contribution is 2.15. The maximum Gasteiger partial charge on any atom is 0.306 e. The number of carbonyl (C=O) groups excluding carboxylic acids is 3. The Morgan fingerprint density at radius 2 is 0.482 bits per heavy atom. The Kier molecular flexibility index (Phi) is 64.9. The van der Waals surface area contributed by atoms with Crippen molar-refractivity contribution in [1.29, 1.82) is 0 Å². The molecule has 0 aromatic carbocycles. The van der Waals surface area contributed by atoms with E-state index < -0.39 is 6.10 Å². The van der Waals surface area contributed by atoms with Crippen LogP contribution in [-0.2, 0) is 28.6 Å². The van der Waals surface area contributed by atoms with Crippen molar-refractivity contribution in [2.45, 2.75) is 284 Å². The summed E-state index contributed by atoms with van der Waals surface area (Å²) in [6, 6.07) is 0. The number of hydrogen-bond acceptors (Lipinski definition) is 6. The summed E-state index contributed by atoms with van der Waals surface area (Å²) in [6.07, 6.45) is 102. The minimum atomic E-state index is -0.819. The van der Waals surface area contributed by atoms with E-state index in [-0.39, 0.29) is 37.5 Å². The molecule has 0 saturated heterocycles. The van der Waals surface area contributed by atoms with Gasteiger partial charge in [0.1, 0.15) is 13.2 Å². The first kappa shape index (κ1) is 77.8. The number of hydrogen-bond donors (Lipinski definition) is 0. The molecule has 0 radical (unpaired) electrons. The third kappa shape index (κ3) is 67.4. The van der Waals surface area contributed by atoms with Crippen molar-refractivity contribution in [2.75, 3.05) is 13.2 Å². The fourth-order valence-corrected chi connectivity index (χ4v) is 8.72. The average Bonchev–Trinajstić information content (AvgIpc) is 3.49. The fraction of sp³-hybridized carbons (Fsp3) is 0.597. The van der Waals surface area contributed by atoms with Gasteiger partial charge in [-0.3, -0.25) is 14.4 Å². The van der Waals surface area contributed by atoms with Gasteiger partial charge in [0.15, 0.2) is 6.10 Å². The summed E-state index contributed by atoms with van der Waals surface area (Å²) < 4.78 is 16.9. The zero-order valence-electron chi connectivity index (χ0n) is 53.4. The molecule has 83 heavy (non-hydrogen) atoms. The Hall–Kier alpha value is -5.23. The standard InChI is InChI=1S/C77H122O6/c1-4-7-10-13-16-19-22-25-28-31-33-34-35-36-37-38-39-40-41-42-44-46-49-52-55-58-61-64-67-70-76(79)82-73-74(72-81-75(78)69-66-63-60-57-54-51-48-45-30-27-24-21-18-15-12-9-6-3)83-77(80)71-68-65-62-59-56-53-50-47-43-32-29-26-23-20-17-14-11-8-5-2/h7,9-10,12,16-21,25-30,33-34,36-37,39-40,42,44,48,51,57,60,74H,4-6,8,11,13-15,22-24,31-32,35,38,41,43,45-47,49-50,52-56,58-59,61-73H2,1-3H3/b10-7-,12-9-,19-16-,20-17-,21-18-,28-25-,29-26-,30-27-,34-33-,37-36-,40-39-,44-42-,51-48-,60-57-. The fourth-order valence-electron chi connectivity index (χ4n) is 8.72. The molecular weight excluding hydrogens is 1020 g/mol. The van der Waals surface area contributed by atoms with Crippen molar-refractivity contribution in [3.8, 4) is 0 Å². The van der Waals surface area contributed by atoms with Crippen molar-refractivity contribution in [2.24, 2.45) is 0 Å². The van der Waals surface area contributed by atoms with Crippen LogP contribution in [0.1, 0.15) is 278 Å². The molecule has 1 atom stereocenters. The molecule has 6 nitrogen and oxygen atoms in total. The van der Waals surface area contributed by atoms with E-state index in [9.17, 15) is 14.4 Å². The largest absolute Gasteiger partial charge is 0.462 e. The number of ether oxygens (including phenoxy) is 3. The Morgan fingerprint density at radius 1 is 0.253 bits per heavy atom. The van der Waals surface area contributed by atoms with E-state index in [1.54, 1.807) is 0 Å². The molecule has 0 saturated carbocycles. The molecule has 0 amide bonds. The van der Waals surface area contributed by atoms with Crippen LogP contribution in [0.5, 0.6) is 0 Å². The highest BCUT2D eigenvalue weighted by atomic mass is 16.6. The van der Waals surface area contributed by atoms with Gasteiger partial charge in [-0.25, -0.2) is 0 Å². The minimum absolute atomic E-state index is 0.111. The molecule has 0 N–H and O–H groups in total. The van der Waals surface area contributed by atoms with Crippen LogP contribution in [0, 0.1) is 0 Å². The molecule has 1 unspecified atom stereocenters. The van der Waals surface area contributed by atoms with E-state index in [4.69, 9.17) is 14.2 Å². The SMILES string of the molecule is CC/C=C\C/C=C\C/C=C\C/C=C\C/C=C\C/C=C\C/C=C\CCCCCCCCCC(=O)OCC(COC(=O)CCC/C=C\C/C=C\C/C=C\C/C=C\C/C=C\CC)OC(=O)CCCCCCCCCCC/C=C\C/C=C\CCCCC. The van der Waals surface area contributed by atoms with Gasteiger partial charge in [-0.05, 0) is 148 Å². The van der Waals surface area contributed by atoms with Crippen molar-refractivity contribution >= 4 is 17.9 Å². The highest BCUT2D eigenvalue weighted by Gasteiger charge is 2.19. The summed E-state index contributed by atoms with van der Waals surface area (Å²) in [6.45, 7) is 6.33. The Balaban J connectivity index is 4.47. The smallest absolute Gasteiger partial charge is 0.306 e.